The molecule has 0 bridgehead atoms. The number of nitrogens with two attached hydrogens (primary N) is 3. The SMILES string of the molecule is CSCC[C@H](NC(=O)CNC(=O)[C@@H](N)C(C)C)C(=O)N[C@@H](Cc1cnc[nH]1)C(=O)N[C@@H](CO)C(=O)N[C@@H](CCCCN)C(=O)NCC(=O)N[C@H](C(=O)N[C@@H](CCC(N)=O)C(=O)N[C@H](C(=O)N[C@@H](C)C(=O)O)[C@@H](C)O)[C@@H](C)O. The van der Waals surface area contributed by atoms with Crippen molar-refractivity contribution in [3.63, 3.8) is 0 Å². The largest absolute Gasteiger partial charge is 0.480 e. The normalized spacial score (nSPS) is 15.4. The minimum atomic E-state index is -1.83. The van der Waals surface area contributed by atoms with Crippen molar-refractivity contribution in [1.29, 1.82) is 0 Å². The van der Waals surface area contributed by atoms with Gasteiger partial charge in [-0.15, -0.1) is 0 Å². The van der Waals surface area contributed by atoms with Gasteiger partial charge in [0.25, 0.3) is 0 Å². The summed E-state index contributed by atoms with van der Waals surface area (Å²) in [5.74, 6) is -11.9. The van der Waals surface area contributed by atoms with E-state index in [0.717, 1.165) is 20.8 Å². The number of H-pyrrole nitrogens is 1. The highest BCUT2D eigenvalue weighted by molar-refractivity contribution is 7.98. The molecular weight excluding hydrogens is 1040 g/mol. The molecule has 1 heterocycles. The van der Waals surface area contributed by atoms with E-state index < -0.39 is 170 Å². The van der Waals surface area contributed by atoms with Crippen LogP contribution in [0.3, 0.4) is 0 Å². The van der Waals surface area contributed by atoms with Gasteiger partial charge in [0.2, 0.25) is 65.0 Å². The van der Waals surface area contributed by atoms with Crippen molar-refractivity contribution in [3.05, 3.63) is 18.2 Å². The second-order valence-corrected chi connectivity index (χ2v) is 19.2. The number of hydrogen-bond acceptors (Lipinski definition) is 19. The molecule has 0 unspecified atom stereocenters. The van der Waals surface area contributed by atoms with Crippen LogP contribution in [-0.2, 0) is 64.0 Å². The number of carboxylic acid groups (broad SMARTS) is 1. The summed E-state index contributed by atoms with van der Waals surface area (Å²) in [5, 5.41) is 63.4. The van der Waals surface area contributed by atoms with Gasteiger partial charge in [-0.05, 0) is 77.3 Å². The first-order valence-corrected chi connectivity index (χ1v) is 25.9. The van der Waals surface area contributed by atoms with E-state index in [1.54, 1.807) is 20.1 Å². The molecule has 1 aromatic rings. The number of carbonyl (C=O) groups is 12. The Bertz CT molecular complexity index is 2150. The fourth-order valence-electron chi connectivity index (χ4n) is 6.70. The Hall–Kier alpha value is -7.00. The third-order valence-electron chi connectivity index (χ3n) is 11.3. The minimum Gasteiger partial charge on any atom is -0.480 e. The van der Waals surface area contributed by atoms with Crippen LogP contribution in [0.4, 0.5) is 0 Å². The maximum atomic E-state index is 13.9. The van der Waals surface area contributed by atoms with Crippen LogP contribution in [0.15, 0.2) is 12.5 Å². The van der Waals surface area contributed by atoms with Crippen LogP contribution < -0.4 is 70.4 Å². The monoisotopic (exact) mass is 1120 g/mol. The van der Waals surface area contributed by atoms with Crippen LogP contribution >= 0.6 is 11.8 Å². The van der Waals surface area contributed by atoms with Crippen LogP contribution in [0, 0.1) is 5.92 Å². The lowest BCUT2D eigenvalue weighted by atomic mass is 10.1. The molecular formula is C45H77N15O16S. The highest BCUT2D eigenvalue weighted by atomic mass is 32.2. The van der Waals surface area contributed by atoms with Gasteiger partial charge >= 0.3 is 5.97 Å². The molecule has 0 aliphatic rings. The Kier molecular flexibility index (Phi) is 31.2. The van der Waals surface area contributed by atoms with Crippen molar-refractivity contribution in [1.82, 2.24) is 63.1 Å². The quantitative estimate of drug-likeness (QED) is 0.0275. The number of nitrogens with one attached hydrogen (secondary N) is 11. The van der Waals surface area contributed by atoms with Crippen LogP contribution in [0.2, 0.25) is 0 Å². The van der Waals surface area contributed by atoms with E-state index in [1.165, 1.54) is 24.3 Å². The molecule has 0 fully saturated rings. The van der Waals surface area contributed by atoms with Gasteiger partial charge in [-0.3, -0.25) is 57.5 Å². The van der Waals surface area contributed by atoms with E-state index in [0.29, 0.717) is 17.9 Å². The number of aliphatic hydroxyl groups is 3. The van der Waals surface area contributed by atoms with Crippen molar-refractivity contribution in [2.24, 2.45) is 23.1 Å². The smallest absolute Gasteiger partial charge is 0.325 e. The van der Waals surface area contributed by atoms with Gasteiger partial charge < -0.3 is 95.8 Å². The molecule has 0 aliphatic carbocycles. The lowest BCUT2D eigenvalue weighted by Gasteiger charge is -2.27. The number of carbonyl (C=O) groups excluding carboxylic acids is 11. The van der Waals surface area contributed by atoms with E-state index in [1.807, 2.05) is 0 Å². The molecule has 1 aromatic heterocycles. The number of aromatic nitrogens is 2. The average Bonchev–Trinajstić information content (AvgIpc) is 3.89. The van der Waals surface area contributed by atoms with Gasteiger partial charge in [0, 0.05) is 24.7 Å². The predicted molar refractivity (Wildman–Crippen MR) is 275 cm³/mol. The molecule has 0 aromatic carbocycles. The zero-order valence-corrected chi connectivity index (χ0v) is 44.7. The van der Waals surface area contributed by atoms with E-state index in [4.69, 9.17) is 22.3 Å². The van der Waals surface area contributed by atoms with Gasteiger partial charge in [0.05, 0.1) is 44.3 Å². The molecule has 0 radical (unpaired) electrons. The average molecular weight is 1120 g/mol. The van der Waals surface area contributed by atoms with Crippen LogP contribution in [0.25, 0.3) is 0 Å². The maximum absolute atomic E-state index is 13.9. The number of aliphatic carboxylic acids is 1. The summed E-state index contributed by atoms with van der Waals surface area (Å²) in [6.45, 7) is 4.55. The molecule has 31 nitrogen and oxygen atoms in total. The molecule has 0 saturated carbocycles. The maximum Gasteiger partial charge on any atom is 0.325 e. The molecule has 434 valence electrons. The van der Waals surface area contributed by atoms with Crippen molar-refractivity contribution in [2.75, 3.05) is 38.2 Å². The number of amides is 11. The van der Waals surface area contributed by atoms with Gasteiger partial charge in [-0.25, -0.2) is 4.98 Å². The number of rotatable bonds is 37. The van der Waals surface area contributed by atoms with Crippen molar-refractivity contribution in [2.45, 2.75) is 146 Å². The summed E-state index contributed by atoms with van der Waals surface area (Å²) in [4.78, 5) is 162. The number of thioether (sulfide) groups is 1. The molecule has 77 heavy (non-hydrogen) atoms. The highest BCUT2D eigenvalue weighted by Gasteiger charge is 2.36. The molecule has 0 aliphatic heterocycles. The number of aromatic amines is 1. The van der Waals surface area contributed by atoms with E-state index in [9.17, 15) is 72.9 Å². The molecule has 0 spiro atoms. The number of nitrogens with zero attached hydrogens (tertiary/aromatic N) is 1. The Labute approximate surface area is 448 Å². The topological polar surface area (TPSA) is 513 Å². The molecule has 1 rings (SSSR count). The Morgan fingerprint density at radius 2 is 1.12 bits per heavy atom. The fourth-order valence-corrected chi connectivity index (χ4v) is 7.17. The summed E-state index contributed by atoms with van der Waals surface area (Å²) in [5.41, 5.74) is 17.1. The second kappa shape index (κ2) is 35.4. The molecule has 11 atom stereocenters. The highest BCUT2D eigenvalue weighted by Crippen LogP contribution is 2.08. The first-order valence-electron chi connectivity index (χ1n) is 24.5. The third-order valence-corrected chi connectivity index (χ3v) is 12.0. The zero-order valence-electron chi connectivity index (χ0n) is 43.8. The Morgan fingerprint density at radius 1 is 0.623 bits per heavy atom. The molecule has 0 saturated heterocycles. The molecule has 21 N–H and O–H groups in total. The van der Waals surface area contributed by atoms with Crippen LogP contribution in [-0.4, -0.2) is 206 Å². The van der Waals surface area contributed by atoms with Crippen molar-refractivity contribution < 1.29 is 78.0 Å². The van der Waals surface area contributed by atoms with Gasteiger partial charge in [0.15, 0.2) is 0 Å². The van der Waals surface area contributed by atoms with E-state index in [-0.39, 0.29) is 38.1 Å². The first-order chi connectivity index (χ1) is 36.2. The second-order valence-electron chi connectivity index (χ2n) is 18.2. The molecule has 11 amide bonds. The standard InChI is InChI=1S/C45H77N15O16S/c1-21(2)34(48)42(72)51-17-32(65)54-28(12-14-77-6)38(68)57-29(15-25-16-49-20-52-25)40(70)58-30(19-61)41(71)55-26(9-7-8-13-46)37(67)50-18-33(66)59-35(23(4)62)44(74)56-27(10-11-31(47)64)39(69)60-36(24(5)63)43(73)53-22(3)45(75)76/h16,20-24,26-30,34-36,61-63H,7-15,17-19,46,48H2,1-6H3,(H2,47,64)(H,49,52)(H,50,67)(H,51,72)(H,53,73)(H,54,65)(H,55,71)(H,56,74)(H,57,68)(H,58,70)(H,59,66)(H,60,69)(H,75,76)/t22-,23+,24+,26-,27-,28-,29-,30-,34-,35-,36-/m0/s1. The van der Waals surface area contributed by atoms with Crippen LogP contribution in [0.5, 0.6) is 0 Å². The minimum absolute atomic E-state index is 0.0814. The van der Waals surface area contributed by atoms with E-state index >= 15 is 0 Å². The fraction of sp³-hybridized carbons (Fsp3) is 0.667. The molecule has 32 heteroatoms. The number of primary amides is 1. The number of carboxylic acids is 1. The number of hydrogen-bond donors (Lipinski definition) is 18. The van der Waals surface area contributed by atoms with E-state index in [2.05, 4.69) is 63.1 Å². The third kappa shape index (κ3) is 25.6. The Morgan fingerprint density at radius 3 is 1.65 bits per heavy atom. The van der Waals surface area contributed by atoms with Gasteiger partial charge in [-0.1, -0.05) is 13.8 Å². The number of unbranched alkanes of at least 4 members (excludes halogenated alkanes) is 1. The number of aliphatic hydroxyl groups excluding tert-OH is 3. The van der Waals surface area contributed by atoms with Crippen molar-refractivity contribution in [3.8, 4) is 0 Å². The lowest BCUT2D eigenvalue weighted by molar-refractivity contribution is -0.142. The summed E-state index contributed by atoms with van der Waals surface area (Å²) in [7, 11) is 0. The lowest BCUT2D eigenvalue weighted by Crippen LogP contribution is -2.61. The predicted octanol–water partition coefficient (Wildman–Crippen LogP) is -7.95. The summed E-state index contributed by atoms with van der Waals surface area (Å²) < 4.78 is 0. The Balaban J connectivity index is 3.22. The first kappa shape index (κ1) is 68.0. The summed E-state index contributed by atoms with van der Waals surface area (Å²) in [6, 6.07) is -13.4. The number of imidazole rings is 1. The van der Waals surface area contributed by atoms with Crippen molar-refractivity contribution >= 4 is 82.7 Å². The van der Waals surface area contributed by atoms with Crippen LogP contribution in [0.1, 0.15) is 78.8 Å². The van der Waals surface area contributed by atoms with Gasteiger partial charge in [0.1, 0.15) is 48.3 Å². The summed E-state index contributed by atoms with van der Waals surface area (Å²) in [6.07, 6.45) is 0.599. The van der Waals surface area contributed by atoms with Gasteiger partial charge in [-0.2, -0.15) is 11.8 Å². The summed E-state index contributed by atoms with van der Waals surface area (Å²) >= 11 is 1.37. The zero-order chi connectivity index (χ0) is 58.5.